The number of nitrogens with one attached hydrogen (secondary N) is 1. The number of hydrogen-bond acceptors (Lipinski definition) is 5. The zero-order chi connectivity index (χ0) is 20.3. The number of aryl methyl sites for hydroxylation is 1. The highest BCUT2D eigenvalue weighted by Crippen LogP contribution is 2.35. The maximum atomic E-state index is 10.5. The predicted molar refractivity (Wildman–Crippen MR) is 111 cm³/mol. The van der Waals surface area contributed by atoms with Crippen molar-refractivity contribution in [3.63, 3.8) is 0 Å². The molecule has 0 amide bonds. The van der Waals surface area contributed by atoms with Gasteiger partial charge in [0.25, 0.3) is 0 Å². The smallest absolute Gasteiger partial charge is 0.133 e. The lowest BCUT2D eigenvalue weighted by molar-refractivity contribution is 0.0715. The largest absolute Gasteiger partial charge is 0.396 e. The molecular weight excluding hydrogens is 350 g/mol. The molecule has 28 heavy (non-hydrogen) atoms. The summed E-state index contributed by atoms with van der Waals surface area (Å²) in [7, 11) is 0. The van der Waals surface area contributed by atoms with E-state index < -0.39 is 6.10 Å². The molecule has 1 heterocycles. The first-order chi connectivity index (χ1) is 13.3. The standard InChI is InChI=1S/C23H33N3O2/c1-15-7-5-6-8-16(15)13-25-20-12-21(28)19(14-27)18(20)11-17-9-10-24-22(26-17)23(2,3)4/h5-10,18-21,25,27-28H,11-14H2,1-4H3/t18-,19-,20-,21-/m1/s1. The minimum absolute atomic E-state index is 0.00834. The average molecular weight is 384 g/mol. The molecule has 0 saturated heterocycles. The zero-order valence-electron chi connectivity index (χ0n) is 17.4. The number of aliphatic hydroxyl groups is 2. The highest BCUT2D eigenvalue weighted by Gasteiger charge is 2.42. The van der Waals surface area contributed by atoms with Gasteiger partial charge in [0.15, 0.2) is 0 Å². The van der Waals surface area contributed by atoms with Crippen LogP contribution in [-0.2, 0) is 18.4 Å². The molecule has 1 saturated carbocycles. The van der Waals surface area contributed by atoms with Crippen LogP contribution in [-0.4, -0.2) is 38.9 Å². The molecule has 3 N–H and O–H groups in total. The minimum atomic E-state index is -0.492. The highest BCUT2D eigenvalue weighted by molar-refractivity contribution is 5.25. The van der Waals surface area contributed by atoms with Crippen molar-refractivity contribution in [2.24, 2.45) is 11.8 Å². The van der Waals surface area contributed by atoms with Crippen LogP contribution in [0.1, 0.15) is 49.8 Å². The van der Waals surface area contributed by atoms with Crippen molar-refractivity contribution in [2.45, 2.75) is 64.6 Å². The van der Waals surface area contributed by atoms with Gasteiger partial charge in [-0.1, -0.05) is 45.0 Å². The zero-order valence-corrected chi connectivity index (χ0v) is 17.4. The summed E-state index contributed by atoms with van der Waals surface area (Å²) in [4.78, 5) is 9.18. The van der Waals surface area contributed by atoms with E-state index in [0.717, 1.165) is 24.5 Å². The molecule has 0 unspecified atom stereocenters. The molecule has 0 aliphatic heterocycles. The second kappa shape index (κ2) is 8.68. The highest BCUT2D eigenvalue weighted by atomic mass is 16.3. The van der Waals surface area contributed by atoms with E-state index in [-0.39, 0.29) is 29.9 Å². The molecule has 3 rings (SSSR count). The average Bonchev–Trinajstić information content (AvgIpc) is 2.95. The molecule has 0 bridgehead atoms. The van der Waals surface area contributed by atoms with Crippen LogP contribution in [0.25, 0.3) is 0 Å². The third-order valence-corrected chi connectivity index (χ3v) is 5.91. The molecule has 1 fully saturated rings. The first-order valence-corrected chi connectivity index (χ1v) is 10.2. The van der Waals surface area contributed by atoms with E-state index in [0.29, 0.717) is 6.42 Å². The van der Waals surface area contributed by atoms with Crippen LogP contribution >= 0.6 is 0 Å². The van der Waals surface area contributed by atoms with Crippen molar-refractivity contribution < 1.29 is 10.2 Å². The number of hydrogen-bond donors (Lipinski definition) is 3. The Labute approximate surface area is 168 Å². The Balaban J connectivity index is 1.76. The number of nitrogens with zero attached hydrogens (tertiary/aromatic N) is 2. The van der Waals surface area contributed by atoms with Crippen LogP contribution in [0, 0.1) is 18.8 Å². The van der Waals surface area contributed by atoms with Crippen LogP contribution in [0.2, 0.25) is 0 Å². The van der Waals surface area contributed by atoms with E-state index in [1.807, 2.05) is 18.3 Å². The van der Waals surface area contributed by atoms with Gasteiger partial charge in [0.2, 0.25) is 0 Å². The normalized spacial score (nSPS) is 25.2. The van der Waals surface area contributed by atoms with Gasteiger partial charge in [-0.05, 0) is 42.9 Å². The van der Waals surface area contributed by atoms with Crippen molar-refractivity contribution >= 4 is 0 Å². The van der Waals surface area contributed by atoms with Crippen molar-refractivity contribution in [3.8, 4) is 0 Å². The fourth-order valence-electron chi connectivity index (χ4n) is 4.14. The van der Waals surface area contributed by atoms with E-state index in [1.165, 1.54) is 11.1 Å². The summed E-state index contributed by atoms with van der Waals surface area (Å²) in [5.41, 5.74) is 3.39. The lowest BCUT2D eigenvalue weighted by Crippen LogP contribution is -2.36. The number of aromatic nitrogens is 2. The van der Waals surface area contributed by atoms with Gasteiger partial charge in [0, 0.05) is 42.4 Å². The number of rotatable bonds is 6. The monoisotopic (exact) mass is 383 g/mol. The van der Waals surface area contributed by atoms with Gasteiger partial charge >= 0.3 is 0 Å². The second-order valence-electron chi connectivity index (χ2n) is 9.05. The summed E-state index contributed by atoms with van der Waals surface area (Å²) < 4.78 is 0. The summed E-state index contributed by atoms with van der Waals surface area (Å²) in [6.45, 7) is 9.18. The van der Waals surface area contributed by atoms with E-state index >= 15 is 0 Å². The number of aliphatic hydroxyl groups excluding tert-OH is 2. The van der Waals surface area contributed by atoms with Gasteiger partial charge in [-0.2, -0.15) is 0 Å². The van der Waals surface area contributed by atoms with Gasteiger partial charge in [-0.15, -0.1) is 0 Å². The van der Waals surface area contributed by atoms with Crippen LogP contribution in [0.15, 0.2) is 36.5 Å². The van der Waals surface area contributed by atoms with Crippen molar-refractivity contribution in [2.75, 3.05) is 6.61 Å². The van der Waals surface area contributed by atoms with Crippen LogP contribution in [0.5, 0.6) is 0 Å². The van der Waals surface area contributed by atoms with Gasteiger partial charge in [0.1, 0.15) is 5.82 Å². The summed E-state index contributed by atoms with van der Waals surface area (Å²) in [6.07, 6.45) is 2.70. The molecule has 0 spiro atoms. The first-order valence-electron chi connectivity index (χ1n) is 10.2. The van der Waals surface area contributed by atoms with Crippen molar-refractivity contribution in [3.05, 3.63) is 59.2 Å². The third-order valence-electron chi connectivity index (χ3n) is 5.91. The fourth-order valence-corrected chi connectivity index (χ4v) is 4.14. The van der Waals surface area contributed by atoms with Gasteiger partial charge < -0.3 is 15.5 Å². The Morgan fingerprint density at radius 2 is 1.89 bits per heavy atom. The molecule has 5 heteroatoms. The fraction of sp³-hybridized carbons (Fsp3) is 0.565. The Morgan fingerprint density at radius 1 is 1.14 bits per heavy atom. The Bertz CT molecular complexity index is 787. The molecule has 1 aromatic carbocycles. The van der Waals surface area contributed by atoms with E-state index in [9.17, 15) is 10.2 Å². The summed E-state index contributed by atoms with van der Waals surface area (Å²) in [5, 5.41) is 24.0. The van der Waals surface area contributed by atoms with Gasteiger partial charge in [-0.3, -0.25) is 0 Å². The molecule has 2 aromatic rings. The lowest BCUT2D eigenvalue weighted by atomic mass is 9.88. The molecule has 5 nitrogen and oxygen atoms in total. The summed E-state index contributed by atoms with van der Waals surface area (Å²) in [5.74, 6) is 0.822. The molecule has 1 aromatic heterocycles. The quantitative estimate of drug-likeness (QED) is 0.715. The SMILES string of the molecule is Cc1ccccc1CN[C@@H]1C[C@@H](O)[C@H](CO)[C@H]1Cc1ccnc(C(C)(C)C)n1. The van der Waals surface area contributed by atoms with E-state index in [4.69, 9.17) is 4.98 Å². The summed E-state index contributed by atoms with van der Waals surface area (Å²) in [6, 6.07) is 10.4. The molecule has 4 atom stereocenters. The third kappa shape index (κ3) is 4.77. The van der Waals surface area contributed by atoms with Crippen LogP contribution in [0.3, 0.4) is 0 Å². The Kier molecular flexibility index (Phi) is 6.48. The van der Waals surface area contributed by atoms with Gasteiger partial charge in [0.05, 0.1) is 6.10 Å². The van der Waals surface area contributed by atoms with Crippen molar-refractivity contribution in [1.82, 2.24) is 15.3 Å². The molecular formula is C23H33N3O2. The second-order valence-corrected chi connectivity index (χ2v) is 9.05. The van der Waals surface area contributed by atoms with Crippen molar-refractivity contribution in [1.29, 1.82) is 0 Å². The van der Waals surface area contributed by atoms with Crippen LogP contribution < -0.4 is 5.32 Å². The topological polar surface area (TPSA) is 78.3 Å². The number of benzene rings is 1. The molecule has 1 aliphatic rings. The Morgan fingerprint density at radius 3 is 2.57 bits per heavy atom. The minimum Gasteiger partial charge on any atom is -0.396 e. The van der Waals surface area contributed by atoms with Gasteiger partial charge in [-0.25, -0.2) is 9.97 Å². The molecule has 152 valence electrons. The molecule has 1 aliphatic carbocycles. The molecule has 0 radical (unpaired) electrons. The summed E-state index contributed by atoms with van der Waals surface area (Å²) >= 11 is 0. The predicted octanol–water partition coefficient (Wildman–Crippen LogP) is 2.77. The van der Waals surface area contributed by atoms with Crippen LogP contribution in [0.4, 0.5) is 0 Å². The first kappa shape index (κ1) is 20.9. The van der Waals surface area contributed by atoms with E-state index in [2.05, 4.69) is 56.2 Å². The maximum absolute atomic E-state index is 10.5. The van der Waals surface area contributed by atoms with E-state index in [1.54, 1.807) is 0 Å². The Hall–Kier alpha value is -1.82. The maximum Gasteiger partial charge on any atom is 0.133 e. The lowest BCUT2D eigenvalue weighted by Gasteiger charge is -2.26.